The van der Waals surface area contributed by atoms with Crippen molar-refractivity contribution in [3.63, 3.8) is 0 Å². The van der Waals surface area contributed by atoms with Gasteiger partial charge < -0.3 is 5.32 Å². The summed E-state index contributed by atoms with van der Waals surface area (Å²) in [5.74, 6) is -3.73. The van der Waals surface area contributed by atoms with Crippen LogP contribution < -0.4 is 5.32 Å². The number of nitro benzene ring substituents is 1. The summed E-state index contributed by atoms with van der Waals surface area (Å²) < 4.78 is 26.9. The highest BCUT2D eigenvalue weighted by Gasteiger charge is 2.16. The Morgan fingerprint density at radius 2 is 2.29 bits per heavy atom. The topological polar surface area (TPSA) is 85.1 Å². The van der Waals surface area contributed by atoms with Crippen molar-refractivity contribution in [1.29, 1.82) is 0 Å². The molecule has 0 aliphatic carbocycles. The van der Waals surface area contributed by atoms with Gasteiger partial charge >= 0.3 is 0 Å². The summed E-state index contributed by atoms with van der Waals surface area (Å²) in [6, 6.07) is 8.23. The lowest BCUT2D eigenvalue weighted by Gasteiger charge is -2.06. The molecule has 8 heteroatoms. The van der Waals surface area contributed by atoms with Gasteiger partial charge in [-0.1, -0.05) is 17.8 Å². The molecule has 1 N–H and O–H groups in total. The van der Waals surface area contributed by atoms with Crippen molar-refractivity contribution in [2.45, 2.75) is 4.90 Å². The fraction of sp³-hybridized carbons (Fsp3) is 0.0769. The lowest BCUT2D eigenvalue weighted by molar-refractivity contribution is -0.387. The van der Waals surface area contributed by atoms with Crippen LogP contribution in [0, 0.1) is 10.1 Å². The minimum absolute atomic E-state index is 0.0508. The number of thioether (sulfide) groups is 1. The van der Waals surface area contributed by atoms with Crippen LogP contribution in [0.3, 0.4) is 0 Å². The van der Waals surface area contributed by atoms with E-state index in [-0.39, 0.29) is 28.0 Å². The second-order valence-electron chi connectivity index (χ2n) is 3.79. The molecule has 0 saturated carbocycles. The minimum atomic E-state index is -3.19. The van der Waals surface area contributed by atoms with Crippen molar-refractivity contribution in [3.05, 3.63) is 58.4 Å². The Kier molecular flexibility index (Phi) is 3.97. The number of aromatic nitrogens is 1. The maximum absolute atomic E-state index is 13.2. The summed E-state index contributed by atoms with van der Waals surface area (Å²) in [5.41, 5.74) is -0.147. The first-order chi connectivity index (χ1) is 10.8. The van der Waals surface area contributed by atoms with E-state index in [1.807, 2.05) is 0 Å². The predicted octanol–water partition coefficient (Wildman–Crippen LogP) is 3.26. The van der Waals surface area contributed by atoms with E-state index in [9.17, 15) is 19.3 Å². The second-order valence-corrected chi connectivity index (χ2v) is 4.59. The summed E-state index contributed by atoms with van der Waals surface area (Å²) in [5, 5.41) is 13.4. The Morgan fingerprint density at radius 3 is 2.90 bits per heavy atom. The van der Waals surface area contributed by atoms with Crippen molar-refractivity contribution in [2.75, 3.05) is 11.3 Å². The molecule has 0 bridgehead atoms. The second kappa shape index (κ2) is 6.80. The highest BCUT2D eigenvalue weighted by atomic mass is 32.2. The fourth-order valence-corrected chi connectivity index (χ4v) is 2.07. The molecule has 0 radical (unpaired) electrons. The summed E-state index contributed by atoms with van der Waals surface area (Å²) >= 11 is 0.0508. The van der Waals surface area contributed by atoms with Crippen LogP contribution in [0.5, 0.6) is 0 Å². The molecular formula is C13H10FN3O3S. The highest BCUT2D eigenvalue weighted by Crippen LogP contribution is 2.31. The first-order valence-electron chi connectivity index (χ1n) is 6.65. The SMILES string of the molecule is [2H]C([2H])([18F])Sc1cc(NC(=O)c2ccccn2)ccc1[N+](=O)[O-]. The quantitative estimate of drug-likeness (QED) is 0.520. The molecule has 1 amide bonds. The summed E-state index contributed by atoms with van der Waals surface area (Å²) in [4.78, 5) is 25.8. The maximum Gasteiger partial charge on any atom is 0.283 e. The number of pyridine rings is 1. The molecule has 1 heterocycles. The van der Waals surface area contributed by atoms with Crippen LogP contribution in [0.1, 0.15) is 13.2 Å². The van der Waals surface area contributed by atoms with Crippen molar-refractivity contribution in [3.8, 4) is 0 Å². The molecule has 0 atom stereocenters. The molecule has 1 aromatic heterocycles. The van der Waals surface area contributed by atoms with Crippen LogP contribution >= 0.6 is 11.8 Å². The molecule has 21 heavy (non-hydrogen) atoms. The number of benzene rings is 1. The maximum atomic E-state index is 13.2. The Bertz CT molecular complexity index is 741. The number of amides is 1. The Labute approximate surface area is 126 Å². The van der Waals surface area contributed by atoms with E-state index in [0.29, 0.717) is 0 Å². The van der Waals surface area contributed by atoms with Gasteiger partial charge in [0, 0.05) is 18.0 Å². The van der Waals surface area contributed by atoms with Gasteiger partial charge in [-0.2, -0.15) is 0 Å². The molecule has 1 aromatic carbocycles. The van der Waals surface area contributed by atoms with Gasteiger partial charge in [0.2, 0.25) is 0 Å². The number of alkyl halides is 1. The molecule has 108 valence electrons. The smallest absolute Gasteiger partial charge is 0.283 e. The lowest BCUT2D eigenvalue weighted by atomic mass is 10.2. The zero-order chi connectivity index (χ0) is 17.0. The summed E-state index contributed by atoms with van der Waals surface area (Å²) in [7, 11) is 0. The van der Waals surface area contributed by atoms with Gasteiger partial charge in [0.15, 0.2) is 0 Å². The highest BCUT2D eigenvalue weighted by molar-refractivity contribution is 7.99. The third-order valence-corrected chi connectivity index (χ3v) is 3.08. The average Bonchev–Trinajstić information content (AvgIpc) is 2.46. The van der Waals surface area contributed by atoms with Crippen molar-refractivity contribution in [2.24, 2.45) is 0 Å². The number of nitrogens with one attached hydrogen (secondary N) is 1. The van der Waals surface area contributed by atoms with Crippen LogP contribution in [0.25, 0.3) is 0 Å². The van der Waals surface area contributed by atoms with E-state index in [2.05, 4.69) is 10.3 Å². The number of halogens is 1. The summed E-state index contributed by atoms with van der Waals surface area (Å²) in [6.45, 7) is 0. The van der Waals surface area contributed by atoms with Gasteiger partial charge in [-0.3, -0.25) is 19.9 Å². The van der Waals surface area contributed by atoms with E-state index in [4.69, 9.17) is 2.74 Å². The van der Waals surface area contributed by atoms with Crippen LogP contribution in [-0.4, -0.2) is 21.8 Å². The number of rotatable bonds is 5. The molecule has 0 aliphatic rings. The molecular weight excluding hydrogens is 296 g/mol. The number of hydrogen-bond donors (Lipinski definition) is 1. The monoisotopic (exact) mass is 308 g/mol. The van der Waals surface area contributed by atoms with Gasteiger partial charge in [0.1, 0.15) is 11.7 Å². The van der Waals surface area contributed by atoms with Gasteiger partial charge in [-0.05, 0) is 24.3 Å². The zero-order valence-corrected chi connectivity index (χ0v) is 11.3. The van der Waals surface area contributed by atoms with Crippen molar-refractivity contribution >= 4 is 29.0 Å². The minimum Gasteiger partial charge on any atom is -0.321 e. The number of hydrogen-bond acceptors (Lipinski definition) is 5. The van der Waals surface area contributed by atoms with Crippen LogP contribution in [0.2, 0.25) is 0 Å². The average molecular weight is 308 g/mol. The van der Waals surface area contributed by atoms with Crippen molar-refractivity contribution in [1.82, 2.24) is 4.98 Å². The molecule has 2 rings (SSSR count). The van der Waals surface area contributed by atoms with Gasteiger partial charge in [0.05, 0.1) is 12.6 Å². The normalized spacial score (nSPS) is 12.2. The summed E-state index contributed by atoms with van der Waals surface area (Å²) in [6.07, 6.45) is 1.43. The molecule has 0 aliphatic heterocycles. The van der Waals surface area contributed by atoms with Gasteiger partial charge in [0.25, 0.3) is 11.6 Å². The number of carbonyl (C=O) groups is 1. The van der Waals surface area contributed by atoms with Gasteiger partial charge in [-0.15, -0.1) is 0 Å². The van der Waals surface area contributed by atoms with Crippen LogP contribution in [0.4, 0.5) is 15.8 Å². The number of nitro groups is 1. The van der Waals surface area contributed by atoms with E-state index < -0.39 is 22.5 Å². The first kappa shape index (κ1) is 12.3. The largest absolute Gasteiger partial charge is 0.321 e. The molecule has 0 saturated heterocycles. The van der Waals surface area contributed by atoms with Crippen molar-refractivity contribution < 1.29 is 16.8 Å². The Hall–Kier alpha value is -2.48. The van der Waals surface area contributed by atoms with E-state index in [1.54, 1.807) is 12.1 Å². The molecule has 0 fully saturated rings. The number of nitrogens with zero attached hydrogens (tertiary/aromatic N) is 2. The molecule has 6 nitrogen and oxygen atoms in total. The number of carbonyl (C=O) groups excluding carboxylic acids is 1. The van der Waals surface area contributed by atoms with E-state index in [1.165, 1.54) is 18.3 Å². The van der Waals surface area contributed by atoms with E-state index in [0.717, 1.165) is 12.1 Å². The molecule has 2 aromatic rings. The Morgan fingerprint density at radius 1 is 1.48 bits per heavy atom. The third kappa shape index (κ3) is 3.76. The van der Waals surface area contributed by atoms with Gasteiger partial charge in [-0.25, -0.2) is 4.39 Å². The van der Waals surface area contributed by atoms with E-state index >= 15 is 0 Å². The lowest BCUT2D eigenvalue weighted by Crippen LogP contribution is -2.13. The molecule has 0 unspecified atom stereocenters. The fourth-order valence-electron chi connectivity index (χ4n) is 1.56. The van der Waals surface area contributed by atoms with Crippen LogP contribution in [-0.2, 0) is 0 Å². The standard InChI is InChI=1S/C13H10FN3O3S/c14-8-21-12-7-9(4-5-11(12)17(19)20)16-13(18)10-3-1-2-6-15-10/h1-7H,8H2,(H,16,18)/i8D2,14-1. The predicted molar refractivity (Wildman–Crippen MR) is 77.1 cm³/mol. The third-order valence-electron chi connectivity index (χ3n) is 2.46. The van der Waals surface area contributed by atoms with Crippen LogP contribution in [0.15, 0.2) is 47.5 Å². The first-order valence-corrected chi connectivity index (χ1v) is 6.47. The zero-order valence-electron chi connectivity index (χ0n) is 12.4. The Balaban J connectivity index is 2.28. The molecule has 0 spiro atoms. The number of anilines is 1.